The number of hydrogen-bond acceptors (Lipinski definition) is 2. The maximum Gasteiger partial charge on any atom is 0.326 e. The molecule has 0 radical (unpaired) electrons. The number of aryl methyl sites for hydroxylation is 2. The third kappa shape index (κ3) is 2.77. The summed E-state index contributed by atoms with van der Waals surface area (Å²) in [5, 5.41) is 4.72. The van der Waals surface area contributed by atoms with Crippen LogP contribution in [0.15, 0.2) is 36.0 Å². The van der Waals surface area contributed by atoms with Gasteiger partial charge >= 0.3 is 6.03 Å². The van der Waals surface area contributed by atoms with Crippen LogP contribution in [0.3, 0.4) is 0 Å². The van der Waals surface area contributed by atoms with E-state index < -0.39 is 11.9 Å². The van der Waals surface area contributed by atoms with Gasteiger partial charge < -0.3 is 9.88 Å². The summed E-state index contributed by atoms with van der Waals surface area (Å²) in [4.78, 5) is 22.9. The summed E-state index contributed by atoms with van der Waals surface area (Å²) in [6, 6.07) is 9.96. The highest BCUT2D eigenvalue weighted by atomic mass is 16.2. The maximum absolute atomic E-state index is 11.7. The van der Waals surface area contributed by atoms with Gasteiger partial charge in [0, 0.05) is 17.1 Å². The molecule has 3 amide bonds. The Balaban J connectivity index is 2.01. The molecular formula is C18H19N3O2. The van der Waals surface area contributed by atoms with E-state index in [1.165, 1.54) is 5.56 Å². The highest BCUT2D eigenvalue weighted by Gasteiger charge is 2.23. The molecule has 0 atom stereocenters. The van der Waals surface area contributed by atoms with Crippen molar-refractivity contribution in [1.29, 1.82) is 0 Å². The van der Waals surface area contributed by atoms with Crippen molar-refractivity contribution in [2.24, 2.45) is 0 Å². The van der Waals surface area contributed by atoms with Gasteiger partial charge in [-0.3, -0.25) is 10.1 Å². The number of carbonyl (C=O) groups excluding carboxylic acids is 2. The van der Waals surface area contributed by atoms with Crippen LogP contribution in [0, 0.1) is 13.8 Å². The lowest BCUT2D eigenvalue weighted by Gasteiger charge is -2.10. The zero-order valence-corrected chi connectivity index (χ0v) is 13.4. The second kappa shape index (κ2) is 5.76. The Labute approximate surface area is 135 Å². The Morgan fingerprint density at radius 1 is 1.09 bits per heavy atom. The van der Waals surface area contributed by atoms with Crippen LogP contribution in [-0.4, -0.2) is 16.5 Å². The fraction of sp³-hybridized carbons (Fsp3) is 0.222. The lowest BCUT2D eigenvalue weighted by Crippen LogP contribution is -2.22. The first-order valence-electron chi connectivity index (χ1n) is 7.62. The third-order valence-corrected chi connectivity index (χ3v) is 4.09. The van der Waals surface area contributed by atoms with Crippen molar-refractivity contribution in [2.45, 2.75) is 27.2 Å². The molecule has 5 nitrogen and oxygen atoms in total. The number of nitrogens with one attached hydrogen (secondary N) is 2. The second-order valence-electron chi connectivity index (χ2n) is 5.65. The van der Waals surface area contributed by atoms with Gasteiger partial charge in [-0.1, -0.05) is 19.1 Å². The van der Waals surface area contributed by atoms with Crippen LogP contribution in [0.4, 0.5) is 4.79 Å². The first-order chi connectivity index (χ1) is 11.0. The van der Waals surface area contributed by atoms with Crippen LogP contribution >= 0.6 is 0 Å². The molecular weight excluding hydrogens is 290 g/mol. The van der Waals surface area contributed by atoms with Gasteiger partial charge in [0.2, 0.25) is 0 Å². The van der Waals surface area contributed by atoms with Crippen molar-refractivity contribution in [3.8, 4) is 5.69 Å². The predicted octanol–water partition coefficient (Wildman–Crippen LogP) is 2.84. The second-order valence-corrected chi connectivity index (χ2v) is 5.65. The zero-order chi connectivity index (χ0) is 16.6. The third-order valence-electron chi connectivity index (χ3n) is 4.09. The van der Waals surface area contributed by atoms with Crippen LogP contribution in [0.25, 0.3) is 11.8 Å². The molecule has 2 N–H and O–H groups in total. The van der Waals surface area contributed by atoms with Crippen molar-refractivity contribution >= 4 is 18.0 Å². The van der Waals surface area contributed by atoms with Crippen LogP contribution < -0.4 is 10.6 Å². The monoisotopic (exact) mass is 309 g/mol. The lowest BCUT2D eigenvalue weighted by atomic mass is 10.1. The van der Waals surface area contributed by atoms with Gasteiger partial charge in [-0.25, -0.2) is 4.79 Å². The smallest absolute Gasteiger partial charge is 0.318 e. The minimum atomic E-state index is -0.481. The molecule has 1 aliphatic heterocycles. The van der Waals surface area contributed by atoms with Gasteiger partial charge in [0.15, 0.2) is 0 Å². The summed E-state index contributed by atoms with van der Waals surface area (Å²) < 4.78 is 2.14. The number of aromatic nitrogens is 1. The number of nitrogens with zero attached hydrogens (tertiary/aromatic N) is 1. The molecule has 2 heterocycles. The van der Waals surface area contributed by atoms with Crippen LogP contribution in [0.2, 0.25) is 0 Å². The fourth-order valence-electron chi connectivity index (χ4n) is 2.85. The highest BCUT2D eigenvalue weighted by Crippen LogP contribution is 2.23. The Hall–Kier alpha value is -2.82. The number of amides is 3. The lowest BCUT2D eigenvalue weighted by molar-refractivity contribution is -0.115. The minimum absolute atomic E-state index is 0.275. The SMILES string of the molecule is CCc1ccc(-n2c(C)cc(/C=C3\NC(=O)NC3=O)c2C)cc1. The summed E-state index contributed by atoms with van der Waals surface area (Å²) >= 11 is 0. The quantitative estimate of drug-likeness (QED) is 0.676. The normalized spacial score (nSPS) is 15.9. The van der Waals surface area contributed by atoms with Crippen molar-refractivity contribution in [3.05, 3.63) is 58.5 Å². The van der Waals surface area contributed by atoms with Crippen molar-refractivity contribution in [3.63, 3.8) is 0 Å². The van der Waals surface area contributed by atoms with Gasteiger partial charge in [0.25, 0.3) is 5.91 Å². The molecule has 1 aliphatic rings. The van der Waals surface area contributed by atoms with E-state index in [0.717, 1.165) is 29.1 Å². The van der Waals surface area contributed by atoms with E-state index in [0.29, 0.717) is 0 Å². The molecule has 118 valence electrons. The van der Waals surface area contributed by atoms with E-state index in [-0.39, 0.29) is 5.70 Å². The molecule has 0 bridgehead atoms. The summed E-state index contributed by atoms with van der Waals surface area (Å²) in [7, 11) is 0. The molecule has 5 heteroatoms. The predicted molar refractivity (Wildman–Crippen MR) is 89.3 cm³/mol. The van der Waals surface area contributed by atoms with Crippen molar-refractivity contribution in [1.82, 2.24) is 15.2 Å². The fourth-order valence-corrected chi connectivity index (χ4v) is 2.85. The van der Waals surface area contributed by atoms with E-state index in [1.807, 2.05) is 19.9 Å². The molecule has 1 saturated heterocycles. The average Bonchev–Trinajstić information content (AvgIpc) is 2.99. The van der Waals surface area contributed by atoms with E-state index in [2.05, 4.69) is 46.4 Å². The van der Waals surface area contributed by atoms with E-state index in [1.54, 1.807) is 6.08 Å². The summed E-state index contributed by atoms with van der Waals surface area (Å²) in [5.74, 6) is -0.396. The van der Waals surface area contributed by atoms with E-state index in [9.17, 15) is 9.59 Å². The van der Waals surface area contributed by atoms with Crippen molar-refractivity contribution in [2.75, 3.05) is 0 Å². The molecule has 0 aliphatic carbocycles. The first kappa shape index (κ1) is 15.1. The number of urea groups is 1. The van der Waals surface area contributed by atoms with Gasteiger partial charge in [-0.15, -0.1) is 0 Å². The molecule has 1 aromatic carbocycles. The average molecular weight is 309 g/mol. The van der Waals surface area contributed by atoms with Crippen LogP contribution in [0.1, 0.15) is 29.4 Å². The number of imide groups is 1. The molecule has 0 saturated carbocycles. The summed E-state index contributed by atoms with van der Waals surface area (Å²) in [5.41, 5.74) is 5.66. The van der Waals surface area contributed by atoms with Crippen LogP contribution in [0.5, 0.6) is 0 Å². The van der Waals surface area contributed by atoms with Crippen molar-refractivity contribution < 1.29 is 9.59 Å². The van der Waals surface area contributed by atoms with Gasteiger partial charge in [0.05, 0.1) is 0 Å². The van der Waals surface area contributed by atoms with Gasteiger partial charge in [0.1, 0.15) is 5.70 Å². The number of hydrogen-bond donors (Lipinski definition) is 2. The summed E-state index contributed by atoms with van der Waals surface area (Å²) in [6.45, 7) is 6.16. The Morgan fingerprint density at radius 2 is 1.78 bits per heavy atom. The largest absolute Gasteiger partial charge is 0.326 e. The van der Waals surface area contributed by atoms with E-state index in [4.69, 9.17) is 0 Å². The van der Waals surface area contributed by atoms with E-state index >= 15 is 0 Å². The molecule has 23 heavy (non-hydrogen) atoms. The molecule has 0 unspecified atom stereocenters. The standard InChI is InChI=1S/C18H19N3O2/c1-4-13-5-7-15(8-6-13)21-11(2)9-14(12(21)3)10-16-17(22)20-18(23)19-16/h5-10H,4H2,1-3H3,(H2,19,20,22,23)/b16-10-. The molecule has 2 aromatic rings. The van der Waals surface area contributed by atoms with Gasteiger partial charge in [-0.2, -0.15) is 0 Å². The number of rotatable bonds is 3. The van der Waals surface area contributed by atoms with Gasteiger partial charge in [-0.05, 0) is 55.7 Å². The molecule has 0 spiro atoms. The van der Waals surface area contributed by atoms with Crippen LogP contribution in [-0.2, 0) is 11.2 Å². The Morgan fingerprint density at radius 3 is 2.35 bits per heavy atom. The minimum Gasteiger partial charge on any atom is -0.318 e. The number of carbonyl (C=O) groups is 2. The highest BCUT2D eigenvalue weighted by molar-refractivity contribution is 6.14. The summed E-state index contributed by atoms with van der Waals surface area (Å²) in [6.07, 6.45) is 2.72. The molecule has 1 aromatic heterocycles. The molecule has 1 fully saturated rings. The molecule has 3 rings (SSSR count). The Bertz CT molecular complexity index is 814. The first-order valence-corrected chi connectivity index (χ1v) is 7.62. The maximum atomic E-state index is 11.7. The Kier molecular flexibility index (Phi) is 3.78. The number of benzene rings is 1. The topological polar surface area (TPSA) is 63.1 Å². The zero-order valence-electron chi connectivity index (χ0n) is 13.4.